The molecule has 5 aliphatic carbocycles. The van der Waals surface area contributed by atoms with E-state index in [0.717, 1.165) is 44.9 Å². The van der Waals surface area contributed by atoms with Crippen LogP contribution in [-0.2, 0) is 30.5 Å². The van der Waals surface area contributed by atoms with Crippen molar-refractivity contribution in [3.63, 3.8) is 0 Å². The van der Waals surface area contributed by atoms with E-state index in [-0.39, 0.29) is 82.3 Å². The zero-order valence-electron chi connectivity index (χ0n) is 30.9. The highest BCUT2D eigenvalue weighted by Gasteiger charge is 2.70. The summed E-state index contributed by atoms with van der Waals surface area (Å²) in [5.74, 6) is -0.0777. The van der Waals surface area contributed by atoms with Gasteiger partial charge in [0.05, 0.1) is 26.0 Å². The first kappa shape index (κ1) is 35.9. The van der Waals surface area contributed by atoms with Crippen molar-refractivity contribution in [2.75, 3.05) is 20.2 Å². The number of ether oxygens (including phenoxy) is 1. The van der Waals surface area contributed by atoms with Crippen LogP contribution in [0.25, 0.3) is 0 Å². The molecule has 49 heavy (non-hydrogen) atoms. The van der Waals surface area contributed by atoms with Crippen LogP contribution in [0.1, 0.15) is 112 Å². The summed E-state index contributed by atoms with van der Waals surface area (Å²) in [7, 11) is 1.26. The van der Waals surface area contributed by atoms with E-state index in [4.69, 9.17) is 4.42 Å². The van der Waals surface area contributed by atoms with Gasteiger partial charge < -0.3 is 24.5 Å². The predicted octanol–water partition coefficient (Wildman–Crippen LogP) is 6.24. The maximum absolute atomic E-state index is 14.7. The fourth-order valence-corrected chi connectivity index (χ4v) is 12.0. The standard InChI is InChI=1S/C40H58N2O7/c1-35(2)29-11-14-40(7)33(38(29,5)13-12-30(35)44)28(43)20-26-27-21-37(4,16-15-36(27,3)17-18-39(26,40)6)34(47)42(23-25-10-9-19-49-25)24-31(45)41-22-32(46)48-8/h9-10,19-20,27,29-30,33,44H,11-18,21-24H2,1-8H3,(H,41,45)/t27-,29-,30-,33+,36+,37-,38-,39+,40+/m0/s1. The minimum Gasteiger partial charge on any atom is -0.468 e. The Morgan fingerprint density at radius 1 is 1.00 bits per heavy atom. The quantitative estimate of drug-likeness (QED) is 0.327. The van der Waals surface area contributed by atoms with Gasteiger partial charge >= 0.3 is 5.97 Å². The second kappa shape index (κ2) is 12.1. The van der Waals surface area contributed by atoms with E-state index in [1.807, 2.05) is 13.0 Å². The number of allylic oxidation sites excluding steroid dienone is 2. The summed E-state index contributed by atoms with van der Waals surface area (Å²) in [5.41, 5.74) is -0.394. The van der Waals surface area contributed by atoms with Gasteiger partial charge in [-0.15, -0.1) is 0 Å². The number of fused-ring (bicyclic) bond motifs is 7. The Kier molecular flexibility index (Phi) is 8.85. The summed E-state index contributed by atoms with van der Waals surface area (Å²) in [5, 5.41) is 13.6. The zero-order chi connectivity index (χ0) is 35.8. The highest BCUT2D eigenvalue weighted by atomic mass is 16.5. The third-order valence-corrected chi connectivity index (χ3v) is 15.3. The summed E-state index contributed by atoms with van der Waals surface area (Å²) in [6.45, 7) is 15.6. The fourth-order valence-electron chi connectivity index (χ4n) is 12.0. The van der Waals surface area contributed by atoms with Gasteiger partial charge in [-0.05, 0) is 115 Å². The van der Waals surface area contributed by atoms with Gasteiger partial charge in [-0.25, -0.2) is 0 Å². The topological polar surface area (TPSA) is 126 Å². The number of ketones is 1. The molecule has 1 aromatic heterocycles. The minimum atomic E-state index is -0.757. The van der Waals surface area contributed by atoms with Crippen LogP contribution in [0.2, 0.25) is 0 Å². The van der Waals surface area contributed by atoms with E-state index in [1.165, 1.54) is 12.7 Å². The number of hydrogen-bond donors (Lipinski definition) is 2. The number of esters is 1. The molecular formula is C40H58N2O7. The molecule has 9 nitrogen and oxygen atoms in total. The van der Waals surface area contributed by atoms with E-state index < -0.39 is 17.3 Å². The van der Waals surface area contributed by atoms with Crippen LogP contribution in [0.4, 0.5) is 0 Å². The van der Waals surface area contributed by atoms with Crippen LogP contribution >= 0.6 is 0 Å². The van der Waals surface area contributed by atoms with Crippen LogP contribution in [-0.4, -0.2) is 59.9 Å². The van der Waals surface area contributed by atoms with Crippen LogP contribution in [0, 0.1) is 50.2 Å². The number of amides is 2. The number of aliphatic hydroxyl groups is 1. The summed E-state index contributed by atoms with van der Waals surface area (Å²) < 4.78 is 10.3. The molecule has 4 saturated carbocycles. The third-order valence-electron chi connectivity index (χ3n) is 15.3. The van der Waals surface area contributed by atoms with Crippen LogP contribution < -0.4 is 5.32 Å². The summed E-state index contributed by atoms with van der Waals surface area (Å²) >= 11 is 0. The van der Waals surface area contributed by atoms with Gasteiger partial charge in [-0.1, -0.05) is 54.0 Å². The van der Waals surface area contributed by atoms with Crippen molar-refractivity contribution in [3.8, 4) is 0 Å². The molecule has 0 aromatic carbocycles. The first-order valence-electron chi connectivity index (χ1n) is 18.4. The number of nitrogens with zero attached hydrogens (tertiary/aromatic N) is 1. The monoisotopic (exact) mass is 678 g/mol. The second-order valence-electron chi connectivity index (χ2n) is 18.2. The Morgan fingerprint density at radius 2 is 1.71 bits per heavy atom. The van der Waals surface area contributed by atoms with Gasteiger partial charge in [-0.2, -0.15) is 0 Å². The van der Waals surface area contributed by atoms with E-state index in [9.17, 15) is 24.3 Å². The number of hydrogen-bond acceptors (Lipinski definition) is 7. The number of methoxy groups -OCH3 is 1. The van der Waals surface area contributed by atoms with Gasteiger partial charge in [0.15, 0.2) is 5.78 Å². The van der Waals surface area contributed by atoms with Gasteiger partial charge in [0, 0.05) is 11.3 Å². The van der Waals surface area contributed by atoms with Crippen LogP contribution in [0.5, 0.6) is 0 Å². The van der Waals surface area contributed by atoms with Gasteiger partial charge in [0.25, 0.3) is 0 Å². The van der Waals surface area contributed by atoms with E-state index in [2.05, 4.69) is 51.6 Å². The lowest BCUT2D eigenvalue weighted by molar-refractivity contribution is -0.202. The first-order valence-corrected chi connectivity index (χ1v) is 18.4. The molecule has 270 valence electrons. The Bertz CT molecular complexity index is 1530. The highest BCUT2D eigenvalue weighted by Crippen LogP contribution is 2.75. The van der Waals surface area contributed by atoms with Crippen molar-refractivity contribution >= 4 is 23.6 Å². The molecule has 0 saturated heterocycles. The van der Waals surface area contributed by atoms with Crippen molar-refractivity contribution < 1.29 is 33.4 Å². The molecule has 0 spiro atoms. The largest absolute Gasteiger partial charge is 0.468 e. The number of furan rings is 1. The maximum Gasteiger partial charge on any atom is 0.325 e. The number of aliphatic hydroxyl groups excluding tert-OH is 1. The third kappa shape index (κ3) is 5.52. The molecule has 1 heterocycles. The Hall–Kier alpha value is -2.94. The lowest BCUT2D eigenvalue weighted by atomic mass is 9.33. The molecule has 9 heteroatoms. The lowest BCUT2D eigenvalue weighted by Crippen LogP contribution is -2.66. The Labute approximate surface area is 292 Å². The SMILES string of the molecule is COC(=O)CNC(=O)CN(Cc1ccco1)C(=O)[C@@]1(C)CC[C@]2(C)CC[C@]3(C)C(=CC(=O)[C@@H]4[C@@]5(C)CC[C@H](O)C(C)(C)[C@@H]5CC[C@]43C)[C@@H]2C1. The average Bonchev–Trinajstić information content (AvgIpc) is 3.56. The molecular weight excluding hydrogens is 620 g/mol. The van der Waals surface area contributed by atoms with Crippen molar-refractivity contribution in [2.24, 2.45) is 50.2 Å². The summed E-state index contributed by atoms with van der Waals surface area (Å²) in [4.78, 5) is 55.6. The zero-order valence-corrected chi connectivity index (χ0v) is 30.9. The Balaban J connectivity index is 1.32. The Morgan fingerprint density at radius 3 is 2.39 bits per heavy atom. The molecule has 2 amide bonds. The van der Waals surface area contributed by atoms with Gasteiger partial charge in [0.1, 0.15) is 18.8 Å². The normalized spacial score (nSPS) is 40.8. The fraction of sp³-hybridized carbons (Fsp3) is 0.750. The van der Waals surface area contributed by atoms with Crippen molar-refractivity contribution in [1.82, 2.24) is 10.2 Å². The molecule has 9 atom stereocenters. The van der Waals surface area contributed by atoms with E-state index in [1.54, 1.807) is 23.3 Å². The lowest BCUT2D eigenvalue weighted by Gasteiger charge is -2.70. The molecule has 0 unspecified atom stereocenters. The molecule has 0 aliphatic heterocycles. The summed E-state index contributed by atoms with van der Waals surface area (Å²) in [6.07, 6.45) is 11.0. The van der Waals surface area contributed by atoms with Gasteiger partial charge in [0.2, 0.25) is 11.8 Å². The molecule has 5 aliphatic rings. The molecule has 1 aromatic rings. The van der Waals surface area contributed by atoms with Crippen molar-refractivity contribution in [3.05, 3.63) is 35.8 Å². The van der Waals surface area contributed by atoms with Crippen molar-refractivity contribution in [2.45, 2.75) is 119 Å². The maximum atomic E-state index is 14.7. The molecule has 6 rings (SSSR count). The predicted molar refractivity (Wildman–Crippen MR) is 185 cm³/mol. The highest BCUT2D eigenvalue weighted by molar-refractivity contribution is 5.96. The van der Waals surface area contributed by atoms with Crippen LogP contribution in [0.15, 0.2) is 34.5 Å². The first-order chi connectivity index (χ1) is 22.8. The summed E-state index contributed by atoms with van der Waals surface area (Å²) in [6, 6.07) is 3.55. The smallest absolute Gasteiger partial charge is 0.325 e. The average molecular weight is 679 g/mol. The molecule has 0 bridgehead atoms. The number of carbonyl (C=O) groups is 4. The second-order valence-corrected chi connectivity index (χ2v) is 18.2. The minimum absolute atomic E-state index is 0.0314. The molecule has 2 N–H and O–H groups in total. The van der Waals surface area contributed by atoms with Crippen LogP contribution in [0.3, 0.4) is 0 Å². The van der Waals surface area contributed by atoms with Crippen molar-refractivity contribution in [1.29, 1.82) is 0 Å². The number of carbonyl (C=O) groups excluding carboxylic acids is 4. The van der Waals surface area contributed by atoms with Gasteiger partial charge in [-0.3, -0.25) is 19.2 Å². The molecule has 0 radical (unpaired) electrons. The van der Waals surface area contributed by atoms with E-state index in [0.29, 0.717) is 18.6 Å². The van der Waals surface area contributed by atoms with E-state index >= 15 is 0 Å². The molecule has 4 fully saturated rings. The number of nitrogens with one attached hydrogen (secondary N) is 1. The number of rotatable bonds is 7.